The van der Waals surface area contributed by atoms with Crippen LogP contribution in [0.5, 0.6) is 0 Å². The Kier molecular flexibility index (Phi) is 4.95. The Bertz CT molecular complexity index is 368. The van der Waals surface area contributed by atoms with Crippen molar-refractivity contribution in [2.24, 2.45) is 5.14 Å². The number of aliphatic hydroxyl groups excluding tert-OH is 1. The maximum atomic E-state index is 12.2. The Balaban J connectivity index is 2.79. The third-order valence-corrected chi connectivity index (χ3v) is 3.87. The Labute approximate surface area is 103 Å². The van der Waals surface area contributed by atoms with Crippen molar-refractivity contribution >= 4 is 10.2 Å². The minimum Gasteiger partial charge on any atom is -0.382 e. The molecular formula is C8H16F3N3O3S. The molecule has 108 valence electrons. The number of alkyl halides is 3. The maximum Gasteiger partial charge on any atom is 0.415 e. The summed E-state index contributed by atoms with van der Waals surface area (Å²) in [7, 11) is -4.27. The van der Waals surface area contributed by atoms with Crippen LogP contribution in [-0.2, 0) is 10.2 Å². The molecule has 1 heterocycles. The lowest BCUT2D eigenvalue weighted by Gasteiger charge is -2.33. The molecule has 1 fully saturated rings. The zero-order valence-electron chi connectivity index (χ0n) is 9.52. The summed E-state index contributed by atoms with van der Waals surface area (Å²) in [6.45, 7) is -0.0649. The molecule has 1 aliphatic rings. The standard InChI is InChI=1S/C8H16F3N3O3S/c9-8(10,11)7(15)5-14(18(12,16)17)6-1-3-13-4-2-6/h6-7,13,15H,1-5H2,(H2,12,16,17). The molecule has 0 aromatic heterocycles. The van der Waals surface area contributed by atoms with Crippen molar-refractivity contribution in [1.82, 2.24) is 9.62 Å². The average Bonchev–Trinajstić information content (AvgIpc) is 2.23. The number of aliphatic hydroxyl groups is 1. The summed E-state index contributed by atoms with van der Waals surface area (Å²) in [5.74, 6) is 0. The van der Waals surface area contributed by atoms with Gasteiger partial charge in [-0.15, -0.1) is 0 Å². The molecule has 0 radical (unpaired) electrons. The summed E-state index contributed by atoms with van der Waals surface area (Å²) < 4.78 is 59.9. The first-order valence-corrected chi connectivity index (χ1v) is 6.87. The van der Waals surface area contributed by atoms with Crippen molar-refractivity contribution in [2.45, 2.75) is 31.2 Å². The fourth-order valence-corrected chi connectivity index (χ4v) is 2.80. The number of nitrogens with one attached hydrogen (secondary N) is 1. The lowest BCUT2D eigenvalue weighted by Crippen LogP contribution is -2.53. The summed E-state index contributed by atoms with van der Waals surface area (Å²) in [4.78, 5) is 0. The van der Waals surface area contributed by atoms with Gasteiger partial charge in [0.25, 0.3) is 10.2 Å². The molecule has 0 saturated carbocycles. The molecule has 0 aromatic rings. The number of nitrogens with two attached hydrogens (primary N) is 1. The largest absolute Gasteiger partial charge is 0.415 e. The van der Waals surface area contributed by atoms with Crippen LogP contribution in [0, 0.1) is 0 Å². The van der Waals surface area contributed by atoms with Gasteiger partial charge in [-0.25, -0.2) is 5.14 Å². The molecule has 1 aliphatic heterocycles. The number of rotatable bonds is 4. The zero-order valence-corrected chi connectivity index (χ0v) is 10.3. The zero-order chi connectivity index (χ0) is 14.0. The van der Waals surface area contributed by atoms with E-state index in [9.17, 15) is 21.6 Å². The Hall–Kier alpha value is -0.420. The number of nitrogens with zero attached hydrogens (tertiary/aromatic N) is 1. The van der Waals surface area contributed by atoms with Crippen molar-refractivity contribution in [2.75, 3.05) is 19.6 Å². The van der Waals surface area contributed by atoms with E-state index < -0.39 is 35.1 Å². The Morgan fingerprint density at radius 3 is 2.28 bits per heavy atom. The number of hydrogen-bond acceptors (Lipinski definition) is 4. The highest BCUT2D eigenvalue weighted by Gasteiger charge is 2.42. The van der Waals surface area contributed by atoms with Crippen molar-refractivity contribution in [1.29, 1.82) is 0 Å². The van der Waals surface area contributed by atoms with Crippen LogP contribution in [0.4, 0.5) is 13.2 Å². The molecule has 0 aromatic carbocycles. The first-order valence-electron chi connectivity index (χ1n) is 5.37. The summed E-state index contributed by atoms with van der Waals surface area (Å²) in [6.07, 6.45) is -6.87. The molecule has 18 heavy (non-hydrogen) atoms. The minimum atomic E-state index is -4.87. The molecule has 4 N–H and O–H groups in total. The fourth-order valence-electron chi connectivity index (χ4n) is 1.83. The highest BCUT2D eigenvalue weighted by molar-refractivity contribution is 7.86. The minimum absolute atomic E-state index is 0.362. The van der Waals surface area contributed by atoms with Gasteiger partial charge in [-0.1, -0.05) is 0 Å². The van der Waals surface area contributed by atoms with Crippen molar-refractivity contribution in [3.8, 4) is 0 Å². The third kappa shape index (κ3) is 4.35. The van der Waals surface area contributed by atoms with Crippen LogP contribution in [0.2, 0.25) is 0 Å². The van der Waals surface area contributed by atoms with E-state index >= 15 is 0 Å². The van der Waals surface area contributed by atoms with E-state index in [-0.39, 0.29) is 0 Å². The normalized spacial score (nSPS) is 21.2. The predicted molar refractivity (Wildman–Crippen MR) is 57.8 cm³/mol. The second-order valence-corrected chi connectivity index (χ2v) is 5.65. The third-order valence-electron chi connectivity index (χ3n) is 2.77. The van der Waals surface area contributed by atoms with E-state index in [1.165, 1.54) is 0 Å². The van der Waals surface area contributed by atoms with E-state index in [4.69, 9.17) is 10.2 Å². The van der Waals surface area contributed by atoms with Crippen molar-refractivity contribution in [3.63, 3.8) is 0 Å². The van der Waals surface area contributed by atoms with Gasteiger partial charge in [0.15, 0.2) is 6.10 Å². The second kappa shape index (κ2) is 5.70. The first-order chi connectivity index (χ1) is 8.12. The summed E-state index contributed by atoms with van der Waals surface area (Å²) >= 11 is 0. The van der Waals surface area contributed by atoms with Gasteiger partial charge in [0.2, 0.25) is 0 Å². The van der Waals surface area contributed by atoms with E-state index in [1.54, 1.807) is 0 Å². The van der Waals surface area contributed by atoms with Crippen molar-refractivity contribution in [3.05, 3.63) is 0 Å². The lowest BCUT2D eigenvalue weighted by molar-refractivity contribution is -0.206. The van der Waals surface area contributed by atoms with Gasteiger partial charge in [-0.2, -0.15) is 25.9 Å². The fraction of sp³-hybridized carbons (Fsp3) is 1.00. The van der Waals surface area contributed by atoms with Crippen LogP contribution in [0.15, 0.2) is 0 Å². The molecule has 0 spiro atoms. The van der Waals surface area contributed by atoms with Gasteiger partial charge in [-0.3, -0.25) is 0 Å². The van der Waals surface area contributed by atoms with E-state index in [2.05, 4.69) is 5.32 Å². The predicted octanol–water partition coefficient (Wildman–Crippen LogP) is -0.833. The molecule has 1 rings (SSSR count). The topological polar surface area (TPSA) is 95.7 Å². The number of halogens is 3. The molecule has 10 heteroatoms. The molecule has 0 bridgehead atoms. The molecule has 0 aliphatic carbocycles. The van der Waals surface area contributed by atoms with Gasteiger partial charge < -0.3 is 10.4 Å². The molecule has 1 saturated heterocycles. The summed E-state index contributed by atoms with van der Waals surface area (Å²) in [6, 6.07) is -0.613. The summed E-state index contributed by atoms with van der Waals surface area (Å²) in [5, 5.41) is 16.8. The van der Waals surface area contributed by atoms with Crippen LogP contribution in [-0.4, -0.2) is 55.8 Å². The average molecular weight is 291 g/mol. The molecule has 1 unspecified atom stereocenters. The van der Waals surface area contributed by atoms with Gasteiger partial charge in [0.05, 0.1) is 6.54 Å². The maximum absolute atomic E-state index is 12.2. The van der Waals surface area contributed by atoms with E-state index in [0.717, 1.165) is 0 Å². The quantitative estimate of drug-likeness (QED) is 0.630. The number of piperidine rings is 1. The van der Waals surface area contributed by atoms with Crippen LogP contribution in [0.25, 0.3) is 0 Å². The number of hydrogen-bond donors (Lipinski definition) is 3. The SMILES string of the molecule is NS(=O)(=O)N(CC(O)C(F)(F)F)C1CCNCC1. The van der Waals surface area contributed by atoms with Gasteiger partial charge in [0, 0.05) is 6.04 Å². The molecule has 6 nitrogen and oxygen atoms in total. The van der Waals surface area contributed by atoms with Crippen LogP contribution in [0.3, 0.4) is 0 Å². The molecule has 1 atom stereocenters. The van der Waals surface area contributed by atoms with Crippen LogP contribution < -0.4 is 10.5 Å². The van der Waals surface area contributed by atoms with Crippen LogP contribution in [0.1, 0.15) is 12.8 Å². The Morgan fingerprint density at radius 2 is 1.89 bits per heavy atom. The second-order valence-electron chi connectivity index (χ2n) is 4.15. The Morgan fingerprint density at radius 1 is 1.39 bits per heavy atom. The lowest BCUT2D eigenvalue weighted by atomic mass is 10.1. The van der Waals surface area contributed by atoms with Gasteiger partial charge >= 0.3 is 6.18 Å². The highest BCUT2D eigenvalue weighted by Crippen LogP contribution is 2.23. The van der Waals surface area contributed by atoms with E-state index in [0.29, 0.717) is 30.2 Å². The highest BCUT2D eigenvalue weighted by atomic mass is 32.2. The van der Waals surface area contributed by atoms with E-state index in [1.807, 2.05) is 0 Å². The van der Waals surface area contributed by atoms with Crippen LogP contribution >= 0.6 is 0 Å². The first kappa shape index (κ1) is 15.6. The smallest absolute Gasteiger partial charge is 0.382 e. The summed E-state index contributed by atoms with van der Waals surface area (Å²) in [5.41, 5.74) is 0. The van der Waals surface area contributed by atoms with Crippen molar-refractivity contribution < 1.29 is 26.7 Å². The van der Waals surface area contributed by atoms with Gasteiger partial charge in [-0.05, 0) is 25.9 Å². The molecule has 0 amide bonds. The molecular weight excluding hydrogens is 275 g/mol. The van der Waals surface area contributed by atoms with Gasteiger partial charge in [0.1, 0.15) is 0 Å². The monoisotopic (exact) mass is 291 g/mol.